The second-order valence-corrected chi connectivity index (χ2v) is 6.48. The van der Waals surface area contributed by atoms with E-state index in [1.165, 1.54) is 11.3 Å². The molecule has 0 fully saturated rings. The van der Waals surface area contributed by atoms with Crippen molar-refractivity contribution >= 4 is 46.4 Å². The Kier molecular flexibility index (Phi) is 4.86. The second-order valence-electron chi connectivity index (χ2n) is 4.74. The molecule has 1 aromatic heterocycles. The monoisotopic (exact) mass is 340 g/mol. The molecule has 0 unspecified atom stereocenters. The third-order valence-corrected chi connectivity index (χ3v) is 4.27. The van der Waals surface area contributed by atoms with E-state index in [2.05, 4.69) is 10.3 Å². The van der Waals surface area contributed by atoms with E-state index >= 15 is 0 Å². The van der Waals surface area contributed by atoms with Crippen molar-refractivity contribution in [2.24, 2.45) is 4.99 Å². The molecule has 114 valence electrons. The minimum Gasteiger partial charge on any atom is -0.322 e. The summed E-state index contributed by atoms with van der Waals surface area (Å²) in [7, 11) is 0. The number of halogens is 1. The van der Waals surface area contributed by atoms with Crippen LogP contribution >= 0.6 is 22.9 Å². The Labute approximate surface area is 143 Å². The molecule has 1 heterocycles. The van der Waals surface area contributed by atoms with Gasteiger partial charge in [0.2, 0.25) is 0 Å². The third-order valence-electron chi connectivity index (χ3n) is 3.11. The summed E-state index contributed by atoms with van der Waals surface area (Å²) in [6.45, 7) is 0. The zero-order valence-corrected chi connectivity index (χ0v) is 13.6. The van der Waals surface area contributed by atoms with Gasteiger partial charge in [-0.2, -0.15) is 0 Å². The number of carbonyl (C=O) groups is 1. The van der Waals surface area contributed by atoms with Crippen LogP contribution in [-0.2, 0) is 0 Å². The predicted molar refractivity (Wildman–Crippen MR) is 97.4 cm³/mol. The highest BCUT2D eigenvalue weighted by atomic mass is 35.5. The molecule has 5 heteroatoms. The van der Waals surface area contributed by atoms with Crippen LogP contribution in [0.3, 0.4) is 0 Å². The lowest BCUT2D eigenvalue weighted by Gasteiger charge is -2.07. The molecule has 23 heavy (non-hydrogen) atoms. The van der Waals surface area contributed by atoms with Crippen molar-refractivity contribution in [2.75, 3.05) is 5.32 Å². The lowest BCUT2D eigenvalue weighted by Crippen LogP contribution is -2.11. The lowest BCUT2D eigenvalue weighted by molar-refractivity contribution is 0.102. The van der Waals surface area contributed by atoms with Gasteiger partial charge in [-0.1, -0.05) is 41.9 Å². The van der Waals surface area contributed by atoms with Crippen LogP contribution < -0.4 is 5.32 Å². The molecule has 0 aliphatic carbocycles. The van der Waals surface area contributed by atoms with Gasteiger partial charge < -0.3 is 5.32 Å². The van der Waals surface area contributed by atoms with E-state index in [9.17, 15) is 4.79 Å². The highest BCUT2D eigenvalue weighted by molar-refractivity contribution is 7.17. The highest BCUT2D eigenvalue weighted by Gasteiger charge is 2.10. The van der Waals surface area contributed by atoms with E-state index in [0.29, 0.717) is 15.6 Å². The van der Waals surface area contributed by atoms with Gasteiger partial charge in [0.25, 0.3) is 5.91 Å². The summed E-state index contributed by atoms with van der Waals surface area (Å²) in [6.07, 6.45) is 1.71. The number of para-hydroxylation sites is 2. The Morgan fingerprint density at radius 2 is 1.74 bits per heavy atom. The zero-order valence-electron chi connectivity index (χ0n) is 12.1. The van der Waals surface area contributed by atoms with E-state index in [0.717, 1.165) is 10.6 Å². The smallest absolute Gasteiger partial charge is 0.257 e. The van der Waals surface area contributed by atoms with Gasteiger partial charge in [0.15, 0.2) is 0 Å². The lowest BCUT2D eigenvalue weighted by atomic mass is 10.1. The third kappa shape index (κ3) is 4.06. The quantitative estimate of drug-likeness (QED) is 0.634. The largest absolute Gasteiger partial charge is 0.322 e. The van der Waals surface area contributed by atoms with Gasteiger partial charge in [0, 0.05) is 16.8 Å². The Bertz CT molecular complexity index is 843. The summed E-state index contributed by atoms with van der Waals surface area (Å²) in [6, 6.07) is 20.3. The number of nitrogens with zero attached hydrogens (tertiary/aromatic N) is 1. The molecule has 0 bridgehead atoms. The van der Waals surface area contributed by atoms with Crippen molar-refractivity contribution in [1.82, 2.24) is 0 Å². The summed E-state index contributed by atoms with van der Waals surface area (Å²) < 4.78 is 0.710. The first-order valence-electron chi connectivity index (χ1n) is 6.97. The number of anilines is 1. The van der Waals surface area contributed by atoms with E-state index in [4.69, 9.17) is 11.6 Å². The molecule has 1 amide bonds. The summed E-state index contributed by atoms with van der Waals surface area (Å²) in [5.74, 6) is -0.187. The van der Waals surface area contributed by atoms with Crippen LogP contribution in [0, 0.1) is 0 Å². The summed E-state index contributed by atoms with van der Waals surface area (Å²) in [5, 5.41) is 2.87. The van der Waals surface area contributed by atoms with Crippen molar-refractivity contribution < 1.29 is 4.79 Å². The summed E-state index contributed by atoms with van der Waals surface area (Å²) >= 11 is 7.35. The van der Waals surface area contributed by atoms with Crippen LogP contribution in [0.4, 0.5) is 11.4 Å². The molecule has 0 aliphatic heterocycles. The van der Waals surface area contributed by atoms with E-state index in [1.807, 2.05) is 60.7 Å². The maximum Gasteiger partial charge on any atom is 0.257 e. The number of carbonyl (C=O) groups excluding carboxylic acids is 1. The summed E-state index contributed by atoms with van der Waals surface area (Å²) in [4.78, 5) is 17.8. The fourth-order valence-electron chi connectivity index (χ4n) is 2.03. The molecule has 1 N–H and O–H groups in total. The maximum atomic E-state index is 12.4. The number of thiophene rings is 1. The number of rotatable bonds is 4. The van der Waals surface area contributed by atoms with Gasteiger partial charge in [-0.05, 0) is 36.4 Å². The van der Waals surface area contributed by atoms with Crippen LogP contribution in [0.5, 0.6) is 0 Å². The molecule has 0 saturated heterocycles. The zero-order chi connectivity index (χ0) is 16.1. The normalized spacial score (nSPS) is 10.8. The minimum atomic E-state index is -0.187. The molecule has 0 atom stereocenters. The molecule has 3 rings (SSSR count). The summed E-state index contributed by atoms with van der Waals surface area (Å²) in [5.41, 5.74) is 1.89. The molecule has 0 aliphatic rings. The van der Waals surface area contributed by atoms with Crippen molar-refractivity contribution in [2.45, 2.75) is 0 Å². The average Bonchev–Trinajstić information content (AvgIpc) is 2.99. The predicted octanol–water partition coefficient (Wildman–Crippen LogP) is 5.40. The molecule has 0 radical (unpaired) electrons. The first kappa shape index (κ1) is 15.5. The van der Waals surface area contributed by atoms with Crippen LogP contribution in [0.25, 0.3) is 0 Å². The Balaban J connectivity index is 1.82. The number of nitrogens with one attached hydrogen (secondary N) is 1. The van der Waals surface area contributed by atoms with E-state index in [1.54, 1.807) is 12.3 Å². The fraction of sp³-hybridized carbons (Fsp3) is 0. The standard InChI is InChI=1S/C18H13ClN2OS/c19-17-11-10-14(23-17)12-20-16-9-5-4-8-15(16)18(22)21-13-6-2-1-3-7-13/h1-12H,(H,21,22)/b20-12+. The van der Waals surface area contributed by atoms with E-state index < -0.39 is 0 Å². The van der Waals surface area contributed by atoms with Crippen molar-refractivity contribution in [3.05, 3.63) is 81.5 Å². The van der Waals surface area contributed by atoms with Crippen LogP contribution in [0.15, 0.2) is 71.7 Å². The number of benzene rings is 2. The molecule has 0 saturated carbocycles. The molecule has 3 nitrogen and oxygen atoms in total. The topological polar surface area (TPSA) is 41.5 Å². The molecular formula is C18H13ClN2OS. The van der Waals surface area contributed by atoms with Gasteiger partial charge in [-0.15, -0.1) is 11.3 Å². The van der Waals surface area contributed by atoms with Gasteiger partial charge in [-0.25, -0.2) is 0 Å². The van der Waals surface area contributed by atoms with Gasteiger partial charge in [0.05, 0.1) is 15.6 Å². The van der Waals surface area contributed by atoms with Gasteiger partial charge >= 0.3 is 0 Å². The van der Waals surface area contributed by atoms with Gasteiger partial charge in [-0.3, -0.25) is 9.79 Å². The van der Waals surface area contributed by atoms with Crippen LogP contribution in [-0.4, -0.2) is 12.1 Å². The van der Waals surface area contributed by atoms with Crippen molar-refractivity contribution in [1.29, 1.82) is 0 Å². The second kappa shape index (κ2) is 7.22. The number of aliphatic imine (C=N–C) groups is 1. The van der Waals surface area contributed by atoms with Crippen LogP contribution in [0.1, 0.15) is 15.2 Å². The molecule has 0 spiro atoms. The molecule has 2 aromatic carbocycles. The molecule has 3 aromatic rings. The number of hydrogen-bond acceptors (Lipinski definition) is 3. The molecular weight excluding hydrogens is 328 g/mol. The fourth-order valence-corrected chi connectivity index (χ4v) is 2.96. The minimum absolute atomic E-state index is 0.187. The Morgan fingerprint density at radius 1 is 1.00 bits per heavy atom. The Morgan fingerprint density at radius 3 is 2.48 bits per heavy atom. The Hall–Kier alpha value is -2.43. The maximum absolute atomic E-state index is 12.4. The van der Waals surface area contributed by atoms with Crippen molar-refractivity contribution in [3.63, 3.8) is 0 Å². The first-order valence-corrected chi connectivity index (χ1v) is 8.17. The number of hydrogen-bond donors (Lipinski definition) is 1. The SMILES string of the molecule is O=C(Nc1ccccc1)c1ccccc1/N=C/c1ccc(Cl)s1. The average molecular weight is 341 g/mol. The first-order chi connectivity index (χ1) is 11.2. The number of amides is 1. The van der Waals surface area contributed by atoms with Crippen molar-refractivity contribution in [3.8, 4) is 0 Å². The highest BCUT2D eigenvalue weighted by Crippen LogP contribution is 2.23. The van der Waals surface area contributed by atoms with Crippen LogP contribution in [0.2, 0.25) is 4.34 Å². The van der Waals surface area contributed by atoms with E-state index in [-0.39, 0.29) is 5.91 Å². The van der Waals surface area contributed by atoms with Gasteiger partial charge in [0.1, 0.15) is 0 Å².